The Morgan fingerprint density at radius 3 is 2.26 bits per heavy atom. The number of hydrogen-bond donors (Lipinski definition) is 1. The van der Waals surface area contributed by atoms with Gasteiger partial charge in [-0.1, -0.05) is 29.8 Å². The first-order valence-corrected chi connectivity index (χ1v) is 13.4. The number of halogens is 1. The molecule has 0 fully saturated rings. The van der Waals surface area contributed by atoms with Gasteiger partial charge < -0.3 is 28.7 Å². The molecule has 1 atom stereocenters. The molecule has 8 nitrogen and oxygen atoms in total. The number of carbonyl (C=O) groups excluding carboxylic acids is 1. The number of anilines is 1. The fourth-order valence-corrected chi connectivity index (χ4v) is 4.44. The first kappa shape index (κ1) is 28.6. The van der Waals surface area contributed by atoms with Crippen LogP contribution >= 0.6 is 11.6 Å². The number of carbonyl (C=O) groups is 1. The summed E-state index contributed by atoms with van der Waals surface area (Å²) in [7, 11) is 3.03. The standard InChI is InChI=1S/C33H28ClNO7/c1-19-16-28-25(18-26(19)34)30(36)32(31(42-28)21-10-15-27(38-3)29(17-21)39-4)40-20(2)33(37)35-22-11-13-24(14-12-22)41-23-8-6-5-7-9-23/h5-18,20H,1-4H3,(H,35,37). The molecule has 0 spiro atoms. The number of nitrogens with one attached hydrogen (secondary N) is 1. The van der Waals surface area contributed by atoms with Crippen molar-refractivity contribution in [2.45, 2.75) is 20.0 Å². The summed E-state index contributed by atoms with van der Waals surface area (Å²) in [6.07, 6.45) is -1.06. The minimum atomic E-state index is -1.06. The van der Waals surface area contributed by atoms with E-state index in [1.54, 1.807) is 55.5 Å². The van der Waals surface area contributed by atoms with Crippen LogP contribution in [0.3, 0.4) is 0 Å². The summed E-state index contributed by atoms with van der Waals surface area (Å²) in [5, 5.41) is 3.44. The Kier molecular flexibility index (Phi) is 8.36. The SMILES string of the molecule is COc1ccc(-c2oc3cc(C)c(Cl)cc3c(=O)c2OC(C)C(=O)Nc2ccc(Oc3ccccc3)cc2)cc1OC. The molecule has 1 amide bonds. The molecule has 9 heteroatoms. The minimum absolute atomic E-state index is 0.135. The number of methoxy groups -OCH3 is 2. The van der Waals surface area contributed by atoms with Crippen LogP contribution in [-0.2, 0) is 4.79 Å². The van der Waals surface area contributed by atoms with Gasteiger partial charge in [-0.05, 0) is 86.1 Å². The van der Waals surface area contributed by atoms with Crippen molar-refractivity contribution in [2.24, 2.45) is 0 Å². The molecular formula is C33H28ClNO7. The highest BCUT2D eigenvalue weighted by Gasteiger charge is 2.24. The van der Waals surface area contributed by atoms with Crippen LogP contribution in [0, 0.1) is 6.92 Å². The van der Waals surface area contributed by atoms with Gasteiger partial charge >= 0.3 is 0 Å². The quantitative estimate of drug-likeness (QED) is 0.190. The largest absolute Gasteiger partial charge is 0.493 e. The molecule has 1 N–H and O–H groups in total. The monoisotopic (exact) mass is 585 g/mol. The third kappa shape index (κ3) is 6.04. The van der Waals surface area contributed by atoms with E-state index in [4.69, 9.17) is 35.0 Å². The van der Waals surface area contributed by atoms with Gasteiger partial charge in [0.2, 0.25) is 11.2 Å². The van der Waals surface area contributed by atoms with Crippen LogP contribution in [0.1, 0.15) is 12.5 Å². The van der Waals surface area contributed by atoms with Crippen LogP contribution in [0.5, 0.6) is 28.7 Å². The summed E-state index contributed by atoms with van der Waals surface area (Å²) in [5.74, 6) is 1.79. The van der Waals surface area contributed by atoms with E-state index in [9.17, 15) is 9.59 Å². The van der Waals surface area contributed by atoms with Crippen LogP contribution < -0.4 is 29.7 Å². The molecule has 5 rings (SSSR count). The molecule has 0 radical (unpaired) electrons. The van der Waals surface area contributed by atoms with E-state index in [0.29, 0.717) is 44.9 Å². The van der Waals surface area contributed by atoms with Crippen molar-refractivity contribution in [1.82, 2.24) is 0 Å². The number of rotatable bonds is 9. The highest BCUT2D eigenvalue weighted by atomic mass is 35.5. The highest BCUT2D eigenvalue weighted by Crippen LogP contribution is 2.38. The van der Waals surface area contributed by atoms with E-state index in [1.165, 1.54) is 20.3 Å². The van der Waals surface area contributed by atoms with E-state index in [0.717, 1.165) is 5.56 Å². The van der Waals surface area contributed by atoms with Crippen molar-refractivity contribution in [1.29, 1.82) is 0 Å². The zero-order chi connectivity index (χ0) is 29.8. The van der Waals surface area contributed by atoms with Gasteiger partial charge in [0.25, 0.3) is 5.91 Å². The lowest BCUT2D eigenvalue weighted by Gasteiger charge is -2.18. The average Bonchev–Trinajstić information content (AvgIpc) is 3.00. The minimum Gasteiger partial charge on any atom is -0.493 e. The van der Waals surface area contributed by atoms with E-state index < -0.39 is 17.4 Å². The van der Waals surface area contributed by atoms with Crippen LogP contribution in [0.25, 0.3) is 22.3 Å². The molecule has 214 valence electrons. The molecule has 0 aliphatic rings. The van der Waals surface area contributed by atoms with Gasteiger partial charge in [-0.2, -0.15) is 0 Å². The van der Waals surface area contributed by atoms with Gasteiger partial charge in [0, 0.05) is 16.3 Å². The van der Waals surface area contributed by atoms with Crippen molar-refractivity contribution < 1.29 is 28.2 Å². The number of ether oxygens (including phenoxy) is 4. The Bertz CT molecular complexity index is 1800. The lowest BCUT2D eigenvalue weighted by atomic mass is 10.1. The van der Waals surface area contributed by atoms with Crippen LogP contribution in [0.15, 0.2) is 94.1 Å². The van der Waals surface area contributed by atoms with Gasteiger partial charge in [0.15, 0.2) is 23.4 Å². The third-order valence-corrected chi connectivity index (χ3v) is 6.95. The predicted octanol–water partition coefficient (Wildman–Crippen LogP) is 7.64. The Morgan fingerprint density at radius 1 is 0.881 bits per heavy atom. The van der Waals surface area contributed by atoms with Gasteiger partial charge in [0.1, 0.15) is 17.1 Å². The number of aryl methyl sites for hydroxylation is 1. The first-order chi connectivity index (χ1) is 20.3. The fraction of sp³-hybridized carbons (Fsp3) is 0.152. The topological polar surface area (TPSA) is 96.2 Å². The fourth-order valence-electron chi connectivity index (χ4n) is 4.28. The molecule has 42 heavy (non-hydrogen) atoms. The maximum Gasteiger partial charge on any atom is 0.265 e. The maximum atomic E-state index is 13.7. The molecular weight excluding hydrogens is 558 g/mol. The molecule has 0 aliphatic heterocycles. The van der Waals surface area contributed by atoms with Crippen LogP contribution in [-0.4, -0.2) is 26.2 Å². The van der Waals surface area contributed by atoms with Crippen molar-refractivity contribution >= 4 is 34.2 Å². The summed E-state index contributed by atoms with van der Waals surface area (Å²) < 4.78 is 28.8. The number of para-hydroxylation sites is 1. The Labute approximate surface area is 247 Å². The molecule has 0 saturated heterocycles. The summed E-state index contributed by atoms with van der Waals surface area (Å²) >= 11 is 6.32. The Hall–Kier alpha value is -4.95. The average molecular weight is 586 g/mol. The van der Waals surface area contributed by atoms with E-state index in [-0.39, 0.29) is 16.9 Å². The number of fused-ring (bicyclic) bond motifs is 1. The van der Waals surface area contributed by atoms with Gasteiger partial charge in [-0.15, -0.1) is 0 Å². The first-order valence-electron chi connectivity index (χ1n) is 13.1. The Morgan fingerprint density at radius 2 is 1.57 bits per heavy atom. The molecule has 0 aliphatic carbocycles. The van der Waals surface area contributed by atoms with E-state index in [2.05, 4.69) is 5.32 Å². The van der Waals surface area contributed by atoms with E-state index >= 15 is 0 Å². The molecule has 4 aromatic carbocycles. The third-order valence-electron chi connectivity index (χ3n) is 6.54. The zero-order valence-electron chi connectivity index (χ0n) is 23.4. The van der Waals surface area contributed by atoms with Crippen LogP contribution in [0.4, 0.5) is 5.69 Å². The lowest BCUT2D eigenvalue weighted by molar-refractivity contribution is -0.122. The summed E-state index contributed by atoms with van der Waals surface area (Å²) in [5.41, 5.74) is 1.63. The molecule has 5 aromatic rings. The number of hydrogen-bond acceptors (Lipinski definition) is 7. The van der Waals surface area contributed by atoms with Gasteiger partial charge in [0.05, 0.1) is 19.6 Å². The summed E-state index contributed by atoms with van der Waals surface area (Å²) in [6.45, 7) is 3.36. The maximum absolute atomic E-state index is 13.7. The smallest absolute Gasteiger partial charge is 0.265 e. The molecule has 0 bridgehead atoms. The lowest BCUT2D eigenvalue weighted by Crippen LogP contribution is -2.31. The predicted molar refractivity (Wildman–Crippen MR) is 162 cm³/mol. The van der Waals surface area contributed by atoms with Crippen molar-refractivity contribution in [3.05, 3.63) is 106 Å². The van der Waals surface area contributed by atoms with Crippen molar-refractivity contribution in [2.75, 3.05) is 19.5 Å². The summed E-state index contributed by atoms with van der Waals surface area (Å²) in [6, 6.07) is 24.6. The molecule has 1 heterocycles. The molecule has 1 unspecified atom stereocenters. The highest BCUT2D eigenvalue weighted by molar-refractivity contribution is 6.32. The van der Waals surface area contributed by atoms with Gasteiger partial charge in [-0.25, -0.2) is 0 Å². The molecule has 1 aromatic heterocycles. The van der Waals surface area contributed by atoms with Crippen LogP contribution in [0.2, 0.25) is 5.02 Å². The second-order valence-corrected chi connectivity index (χ2v) is 9.85. The Balaban J connectivity index is 1.44. The molecule has 0 saturated carbocycles. The second kappa shape index (κ2) is 12.3. The van der Waals surface area contributed by atoms with Crippen molar-refractivity contribution in [3.8, 4) is 40.1 Å². The van der Waals surface area contributed by atoms with Crippen molar-refractivity contribution in [3.63, 3.8) is 0 Å². The summed E-state index contributed by atoms with van der Waals surface area (Å²) in [4.78, 5) is 26.9. The second-order valence-electron chi connectivity index (χ2n) is 9.45. The zero-order valence-corrected chi connectivity index (χ0v) is 24.2. The number of benzene rings is 4. The number of amides is 1. The normalized spacial score (nSPS) is 11.5. The van der Waals surface area contributed by atoms with Gasteiger partial charge in [-0.3, -0.25) is 9.59 Å². The van der Waals surface area contributed by atoms with E-state index in [1.807, 2.05) is 37.3 Å².